The molecule has 0 aliphatic carbocycles. The Hall–Kier alpha value is -2.30. The second-order valence-corrected chi connectivity index (χ2v) is 3.59. The summed E-state index contributed by atoms with van der Waals surface area (Å²) in [5, 5.41) is 11.2. The molecule has 0 saturated heterocycles. The number of carboxylic acids is 1. The summed E-state index contributed by atoms with van der Waals surface area (Å²) >= 11 is 0. The third kappa shape index (κ3) is 2.84. The minimum absolute atomic E-state index is 0.0278. The van der Waals surface area contributed by atoms with Gasteiger partial charge in [0.1, 0.15) is 5.75 Å². The number of ether oxygens (including phenoxy) is 1. The molecule has 2 N–H and O–H groups in total. The number of fused-ring (bicyclic) bond motifs is 1. The number of carboxylic acid groups (broad SMARTS) is 1. The summed E-state index contributed by atoms with van der Waals surface area (Å²) in [4.78, 5) is 21.4. The lowest BCUT2D eigenvalue weighted by atomic mass is 10.1. The predicted molar refractivity (Wildman–Crippen MR) is 61.9 cm³/mol. The Morgan fingerprint density at radius 2 is 2.35 bits per heavy atom. The Morgan fingerprint density at radius 1 is 1.53 bits per heavy atom. The van der Waals surface area contributed by atoms with E-state index in [1.165, 1.54) is 0 Å². The zero-order valence-corrected chi connectivity index (χ0v) is 8.97. The highest BCUT2D eigenvalue weighted by molar-refractivity contribution is 5.95. The molecule has 0 aromatic heterocycles. The molecule has 1 amide bonds. The number of anilines is 1. The Balaban J connectivity index is 2.15. The SMILES string of the molecule is O=C(O)CC=Cc1ccc2c(c1)NC(=O)CO2. The molecule has 1 aliphatic heterocycles. The van der Waals surface area contributed by atoms with E-state index in [1.807, 2.05) is 0 Å². The Morgan fingerprint density at radius 3 is 3.12 bits per heavy atom. The quantitative estimate of drug-likeness (QED) is 0.829. The van der Waals surface area contributed by atoms with Gasteiger partial charge >= 0.3 is 5.97 Å². The number of hydrogen-bond donors (Lipinski definition) is 2. The van der Waals surface area contributed by atoms with E-state index in [-0.39, 0.29) is 18.9 Å². The van der Waals surface area contributed by atoms with Gasteiger partial charge in [-0.3, -0.25) is 9.59 Å². The molecule has 0 saturated carbocycles. The van der Waals surface area contributed by atoms with Gasteiger partial charge in [0.25, 0.3) is 5.91 Å². The maximum Gasteiger partial charge on any atom is 0.307 e. The largest absolute Gasteiger partial charge is 0.482 e. The Kier molecular flexibility index (Phi) is 3.09. The molecule has 88 valence electrons. The van der Waals surface area contributed by atoms with Crippen molar-refractivity contribution in [1.29, 1.82) is 0 Å². The van der Waals surface area contributed by atoms with Gasteiger partial charge in [-0.2, -0.15) is 0 Å². The van der Waals surface area contributed by atoms with E-state index < -0.39 is 5.97 Å². The van der Waals surface area contributed by atoms with Crippen molar-refractivity contribution in [3.8, 4) is 5.75 Å². The van der Waals surface area contributed by atoms with Gasteiger partial charge in [-0.25, -0.2) is 0 Å². The number of benzene rings is 1. The topological polar surface area (TPSA) is 75.6 Å². The monoisotopic (exact) mass is 233 g/mol. The van der Waals surface area contributed by atoms with Gasteiger partial charge in [-0.05, 0) is 17.7 Å². The molecule has 0 radical (unpaired) electrons. The summed E-state index contributed by atoms with van der Waals surface area (Å²) in [5.41, 5.74) is 1.43. The van der Waals surface area contributed by atoms with Crippen molar-refractivity contribution < 1.29 is 19.4 Å². The van der Waals surface area contributed by atoms with Crippen LogP contribution in [0.5, 0.6) is 5.75 Å². The predicted octanol–water partition coefficient (Wildman–Crippen LogP) is 1.51. The number of carbonyl (C=O) groups is 2. The molecule has 0 spiro atoms. The second kappa shape index (κ2) is 4.69. The standard InChI is InChI=1S/C12H11NO4/c14-11-7-17-10-5-4-8(6-9(10)13-11)2-1-3-12(15)16/h1-2,4-6H,3,7H2,(H,13,14)(H,15,16). The van der Waals surface area contributed by atoms with Gasteiger partial charge in [0.05, 0.1) is 12.1 Å². The highest BCUT2D eigenvalue weighted by atomic mass is 16.5. The van der Waals surface area contributed by atoms with E-state index in [0.717, 1.165) is 5.56 Å². The summed E-state index contributed by atoms with van der Waals surface area (Å²) in [6.07, 6.45) is 3.21. The second-order valence-electron chi connectivity index (χ2n) is 3.59. The van der Waals surface area contributed by atoms with Crippen molar-refractivity contribution >= 4 is 23.6 Å². The number of rotatable bonds is 3. The van der Waals surface area contributed by atoms with Gasteiger partial charge in [0.2, 0.25) is 0 Å². The first-order valence-corrected chi connectivity index (χ1v) is 5.10. The third-order valence-corrected chi connectivity index (χ3v) is 2.24. The molecule has 0 unspecified atom stereocenters. The van der Waals surface area contributed by atoms with Crippen molar-refractivity contribution in [1.82, 2.24) is 0 Å². The number of carbonyl (C=O) groups excluding carboxylic acids is 1. The minimum Gasteiger partial charge on any atom is -0.482 e. The van der Waals surface area contributed by atoms with Crippen molar-refractivity contribution in [3.05, 3.63) is 29.8 Å². The van der Waals surface area contributed by atoms with E-state index in [1.54, 1.807) is 30.4 Å². The lowest BCUT2D eigenvalue weighted by Gasteiger charge is -2.17. The molecular weight excluding hydrogens is 222 g/mol. The maximum absolute atomic E-state index is 11.1. The summed E-state index contributed by atoms with van der Waals surface area (Å²) in [7, 11) is 0. The van der Waals surface area contributed by atoms with Gasteiger partial charge in [0.15, 0.2) is 6.61 Å². The van der Waals surface area contributed by atoms with Gasteiger partial charge in [-0.15, -0.1) is 0 Å². The van der Waals surface area contributed by atoms with Crippen LogP contribution in [0.15, 0.2) is 24.3 Å². The van der Waals surface area contributed by atoms with Crippen LogP contribution in [0, 0.1) is 0 Å². The smallest absolute Gasteiger partial charge is 0.307 e. The van der Waals surface area contributed by atoms with E-state index >= 15 is 0 Å². The van der Waals surface area contributed by atoms with Crippen LogP contribution in [0.2, 0.25) is 0 Å². The van der Waals surface area contributed by atoms with Crippen LogP contribution in [0.4, 0.5) is 5.69 Å². The fourth-order valence-corrected chi connectivity index (χ4v) is 1.50. The van der Waals surface area contributed by atoms with Gasteiger partial charge < -0.3 is 15.2 Å². The fourth-order valence-electron chi connectivity index (χ4n) is 1.50. The van der Waals surface area contributed by atoms with Crippen molar-refractivity contribution in [2.45, 2.75) is 6.42 Å². The van der Waals surface area contributed by atoms with Gasteiger partial charge in [0, 0.05) is 0 Å². The van der Waals surface area contributed by atoms with Crippen molar-refractivity contribution in [2.24, 2.45) is 0 Å². The molecule has 1 aromatic carbocycles. The average molecular weight is 233 g/mol. The van der Waals surface area contributed by atoms with Crippen LogP contribution in [-0.4, -0.2) is 23.6 Å². The summed E-state index contributed by atoms with van der Waals surface area (Å²) in [6.45, 7) is 0.0290. The van der Waals surface area contributed by atoms with Crippen molar-refractivity contribution in [2.75, 3.05) is 11.9 Å². The van der Waals surface area contributed by atoms with E-state index in [9.17, 15) is 9.59 Å². The fraction of sp³-hybridized carbons (Fsp3) is 0.167. The molecule has 1 aromatic rings. The normalized spacial score (nSPS) is 14.0. The van der Waals surface area contributed by atoms with Crippen LogP contribution in [0.25, 0.3) is 6.08 Å². The summed E-state index contributed by atoms with van der Waals surface area (Å²) < 4.78 is 5.20. The molecule has 1 aliphatic rings. The first kappa shape index (κ1) is 11.2. The first-order chi connectivity index (χ1) is 8.15. The number of aliphatic carboxylic acids is 1. The number of amides is 1. The third-order valence-electron chi connectivity index (χ3n) is 2.24. The van der Waals surface area contributed by atoms with Crippen molar-refractivity contribution in [3.63, 3.8) is 0 Å². The molecule has 0 atom stereocenters. The highest BCUT2D eigenvalue weighted by Gasteiger charge is 2.15. The molecule has 1 heterocycles. The molecule has 2 rings (SSSR count). The average Bonchev–Trinajstić information content (AvgIpc) is 2.28. The molecule has 17 heavy (non-hydrogen) atoms. The molecular formula is C12H11NO4. The minimum atomic E-state index is -0.879. The van der Waals surface area contributed by atoms with E-state index in [2.05, 4.69) is 5.32 Å². The zero-order valence-electron chi connectivity index (χ0n) is 8.97. The number of nitrogens with one attached hydrogen (secondary N) is 1. The lowest BCUT2D eigenvalue weighted by Crippen LogP contribution is -2.25. The van der Waals surface area contributed by atoms with E-state index in [4.69, 9.17) is 9.84 Å². The molecule has 0 bridgehead atoms. The summed E-state index contributed by atoms with van der Waals surface area (Å²) in [6, 6.07) is 5.29. The zero-order chi connectivity index (χ0) is 12.3. The molecule has 5 nitrogen and oxygen atoms in total. The van der Waals surface area contributed by atoms with Crippen LogP contribution in [0.1, 0.15) is 12.0 Å². The van der Waals surface area contributed by atoms with Crippen LogP contribution in [0.3, 0.4) is 0 Å². The van der Waals surface area contributed by atoms with Gasteiger partial charge in [-0.1, -0.05) is 18.2 Å². The lowest BCUT2D eigenvalue weighted by molar-refractivity contribution is -0.136. The van der Waals surface area contributed by atoms with Crippen LogP contribution in [-0.2, 0) is 9.59 Å². The molecule has 5 heteroatoms. The maximum atomic E-state index is 11.1. The number of hydrogen-bond acceptors (Lipinski definition) is 3. The highest BCUT2D eigenvalue weighted by Crippen LogP contribution is 2.28. The first-order valence-electron chi connectivity index (χ1n) is 5.10. The van der Waals surface area contributed by atoms with Crippen LogP contribution >= 0.6 is 0 Å². The molecule has 0 fully saturated rings. The Labute approximate surface area is 97.7 Å². The van der Waals surface area contributed by atoms with Crippen LogP contribution < -0.4 is 10.1 Å². The van der Waals surface area contributed by atoms with E-state index in [0.29, 0.717) is 11.4 Å². The Bertz CT molecular complexity index is 493. The summed E-state index contributed by atoms with van der Waals surface area (Å²) in [5.74, 6) is -0.444.